The molecule has 222 valence electrons. The lowest BCUT2D eigenvalue weighted by Crippen LogP contribution is -2.13. The van der Waals surface area contributed by atoms with Crippen LogP contribution in [0, 0.1) is 5.92 Å². The van der Waals surface area contributed by atoms with Crippen LogP contribution in [-0.4, -0.2) is 11.1 Å². The molecule has 0 saturated carbocycles. The molecule has 0 bridgehead atoms. The molecule has 5 heteroatoms. The monoisotopic (exact) mass is 608 g/mol. The van der Waals surface area contributed by atoms with E-state index >= 15 is 0 Å². The number of unbranched alkanes of at least 4 members (excludes halogenated alkanes) is 10. The first-order chi connectivity index (χ1) is 20.0. The number of aliphatic carboxylic acids is 1. The molecular weight excluding hydrogens is 561 g/mol. The van der Waals surface area contributed by atoms with Crippen LogP contribution in [-0.2, 0) is 17.6 Å². The van der Waals surface area contributed by atoms with Gasteiger partial charge in [0.1, 0.15) is 0 Å². The molecule has 3 aromatic rings. The third kappa shape index (κ3) is 9.27. The highest BCUT2D eigenvalue weighted by molar-refractivity contribution is 7.26. The predicted molar refractivity (Wildman–Crippen MR) is 183 cm³/mol. The van der Waals surface area contributed by atoms with Gasteiger partial charge < -0.3 is 5.11 Å². The molecule has 0 amide bonds. The number of carbonyl (C=O) groups is 1. The molecule has 4 rings (SSSR count). The van der Waals surface area contributed by atoms with Crippen molar-refractivity contribution in [1.82, 2.24) is 0 Å². The highest BCUT2D eigenvalue weighted by atomic mass is 32.1. The van der Waals surface area contributed by atoms with Gasteiger partial charge in [0.2, 0.25) is 0 Å². The largest absolute Gasteiger partial charge is 0.478 e. The molecular formula is C36H48O2S3. The number of carboxylic acids is 1. The maximum absolute atomic E-state index is 11.7. The Morgan fingerprint density at radius 3 is 1.90 bits per heavy atom. The summed E-state index contributed by atoms with van der Waals surface area (Å²) in [6.45, 7) is 6.59. The predicted octanol–water partition coefficient (Wildman–Crippen LogP) is 12.4. The Balaban J connectivity index is 1.52. The number of rotatable bonds is 18. The molecule has 3 aromatic heterocycles. The Kier molecular flexibility index (Phi) is 13.0. The summed E-state index contributed by atoms with van der Waals surface area (Å²) in [5.74, 6) is -0.783. The summed E-state index contributed by atoms with van der Waals surface area (Å²) < 4.78 is 0. The van der Waals surface area contributed by atoms with Crippen LogP contribution < -0.4 is 0 Å². The van der Waals surface area contributed by atoms with Gasteiger partial charge in [-0.05, 0) is 89.2 Å². The summed E-state index contributed by atoms with van der Waals surface area (Å²) in [6, 6.07) is 7.21. The molecule has 0 saturated heterocycles. The third-order valence-electron chi connectivity index (χ3n) is 8.26. The normalized spacial score (nSPS) is 15.2. The van der Waals surface area contributed by atoms with Gasteiger partial charge in [0.05, 0.1) is 4.88 Å². The van der Waals surface area contributed by atoms with Gasteiger partial charge in [-0.25, -0.2) is 4.79 Å². The second-order valence-corrected chi connectivity index (χ2v) is 14.6. The highest BCUT2D eigenvalue weighted by Gasteiger charge is 2.25. The van der Waals surface area contributed by atoms with Crippen LogP contribution in [0.1, 0.15) is 121 Å². The van der Waals surface area contributed by atoms with E-state index in [1.165, 1.54) is 125 Å². The Bertz CT molecular complexity index is 1300. The van der Waals surface area contributed by atoms with Crippen molar-refractivity contribution in [3.63, 3.8) is 0 Å². The Labute approximate surface area is 260 Å². The number of hydrogen-bond donors (Lipinski definition) is 1. The Morgan fingerprint density at radius 2 is 1.32 bits per heavy atom. The van der Waals surface area contributed by atoms with Crippen LogP contribution in [0.2, 0.25) is 0 Å². The van der Waals surface area contributed by atoms with Crippen molar-refractivity contribution in [3.05, 3.63) is 63.4 Å². The molecule has 1 unspecified atom stereocenters. The van der Waals surface area contributed by atoms with Gasteiger partial charge >= 0.3 is 5.97 Å². The van der Waals surface area contributed by atoms with Crippen molar-refractivity contribution < 1.29 is 9.90 Å². The molecule has 1 N–H and O–H groups in total. The van der Waals surface area contributed by atoms with E-state index in [0.717, 1.165) is 12.8 Å². The van der Waals surface area contributed by atoms with E-state index in [1.54, 1.807) is 0 Å². The number of aryl methyl sites for hydroxylation is 2. The topological polar surface area (TPSA) is 37.3 Å². The molecule has 2 nitrogen and oxygen atoms in total. The zero-order valence-electron chi connectivity index (χ0n) is 25.3. The number of thiophene rings is 3. The van der Waals surface area contributed by atoms with E-state index in [9.17, 15) is 9.90 Å². The fraction of sp³-hybridized carbons (Fsp3) is 0.528. The van der Waals surface area contributed by atoms with E-state index in [0.29, 0.717) is 5.57 Å². The van der Waals surface area contributed by atoms with Crippen LogP contribution in [0.15, 0.2) is 46.7 Å². The number of hydrogen-bond acceptors (Lipinski definition) is 4. The Hall–Kier alpha value is -1.95. The smallest absolute Gasteiger partial charge is 0.331 e. The zero-order valence-corrected chi connectivity index (χ0v) is 27.8. The van der Waals surface area contributed by atoms with E-state index in [4.69, 9.17) is 0 Å². The van der Waals surface area contributed by atoms with E-state index in [-0.39, 0.29) is 5.92 Å². The van der Waals surface area contributed by atoms with Gasteiger partial charge in [-0.1, -0.05) is 97.1 Å². The minimum absolute atomic E-state index is 0.0148. The third-order valence-corrected chi connectivity index (χ3v) is 11.7. The first-order valence-electron chi connectivity index (χ1n) is 15.9. The molecule has 41 heavy (non-hydrogen) atoms. The number of allylic oxidation sites excluding steroid dienone is 3. The maximum atomic E-state index is 11.7. The van der Waals surface area contributed by atoms with Crippen molar-refractivity contribution in [2.45, 2.75) is 117 Å². The minimum atomic E-state index is -0.798. The summed E-state index contributed by atoms with van der Waals surface area (Å²) in [5.41, 5.74) is 5.98. The minimum Gasteiger partial charge on any atom is -0.478 e. The van der Waals surface area contributed by atoms with Crippen molar-refractivity contribution in [3.8, 4) is 19.5 Å². The number of carboxylic acid groups (broad SMARTS) is 1. The van der Waals surface area contributed by atoms with Crippen LogP contribution in [0.4, 0.5) is 0 Å². The average molecular weight is 609 g/mol. The average Bonchev–Trinajstić information content (AvgIpc) is 3.72. The molecule has 1 atom stereocenters. The zero-order chi connectivity index (χ0) is 29.0. The lowest BCUT2D eigenvalue weighted by Gasteiger charge is -2.19. The SMILES string of the molecule is CCCCCCCCc1csc(-c2cc(C3=CC=C(C(=O)O)C(C)C3)c(-c3cc(CCCCCCCC)cs3)s2)c1. The summed E-state index contributed by atoms with van der Waals surface area (Å²) in [4.78, 5) is 17.1. The van der Waals surface area contributed by atoms with Crippen LogP contribution >= 0.6 is 34.0 Å². The summed E-state index contributed by atoms with van der Waals surface area (Å²) in [6.07, 6.45) is 22.9. The molecule has 0 fully saturated rings. The van der Waals surface area contributed by atoms with Gasteiger partial charge in [0.15, 0.2) is 0 Å². The fourth-order valence-corrected chi connectivity index (χ4v) is 9.07. The van der Waals surface area contributed by atoms with Gasteiger partial charge in [-0.3, -0.25) is 0 Å². The van der Waals surface area contributed by atoms with E-state index < -0.39 is 5.97 Å². The van der Waals surface area contributed by atoms with Crippen LogP contribution in [0.5, 0.6) is 0 Å². The fourth-order valence-electron chi connectivity index (χ4n) is 5.76. The van der Waals surface area contributed by atoms with Crippen molar-refractivity contribution in [1.29, 1.82) is 0 Å². The first-order valence-corrected chi connectivity index (χ1v) is 18.5. The summed E-state index contributed by atoms with van der Waals surface area (Å²) in [7, 11) is 0. The quantitative estimate of drug-likeness (QED) is 0.146. The van der Waals surface area contributed by atoms with Crippen molar-refractivity contribution in [2.75, 3.05) is 0 Å². The summed E-state index contributed by atoms with van der Waals surface area (Å²) in [5, 5.41) is 14.3. The molecule has 1 aliphatic carbocycles. The molecule has 3 heterocycles. The lowest BCUT2D eigenvalue weighted by molar-refractivity contribution is -0.133. The van der Waals surface area contributed by atoms with Crippen molar-refractivity contribution >= 4 is 45.6 Å². The summed E-state index contributed by atoms with van der Waals surface area (Å²) >= 11 is 5.65. The van der Waals surface area contributed by atoms with Gasteiger partial charge in [0, 0.05) is 20.2 Å². The Morgan fingerprint density at radius 1 is 0.756 bits per heavy atom. The van der Waals surface area contributed by atoms with Gasteiger partial charge in [-0.2, -0.15) is 0 Å². The second kappa shape index (κ2) is 16.6. The van der Waals surface area contributed by atoms with Gasteiger partial charge in [0.25, 0.3) is 0 Å². The first kappa shape index (κ1) is 32.0. The highest BCUT2D eigenvalue weighted by Crippen LogP contribution is 2.47. The molecule has 0 spiro atoms. The molecule has 0 aromatic carbocycles. The second-order valence-electron chi connectivity index (χ2n) is 11.8. The lowest BCUT2D eigenvalue weighted by atomic mass is 9.85. The van der Waals surface area contributed by atoms with Gasteiger partial charge in [-0.15, -0.1) is 34.0 Å². The molecule has 0 aliphatic heterocycles. The maximum Gasteiger partial charge on any atom is 0.331 e. The van der Waals surface area contributed by atoms with E-state index in [1.807, 2.05) is 47.0 Å². The van der Waals surface area contributed by atoms with Crippen molar-refractivity contribution in [2.24, 2.45) is 5.92 Å². The van der Waals surface area contributed by atoms with Crippen LogP contribution in [0.25, 0.3) is 25.1 Å². The van der Waals surface area contributed by atoms with E-state index in [2.05, 4.69) is 48.9 Å². The van der Waals surface area contributed by atoms with Crippen LogP contribution in [0.3, 0.4) is 0 Å². The standard InChI is InChI=1S/C36H48O2S3/c1-4-6-8-10-12-14-16-27-21-32(39-24-27)33-23-31(29-18-19-30(36(37)38)26(3)20-29)35(41-33)34-22-28(25-40-34)17-15-13-11-9-7-5-2/h18-19,21-26H,4-17,20H2,1-3H3,(H,37,38). The molecule has 0 radical (unpaired) electrons. The molecule has 1 aliphatic rings.